The van der Waals surface area contributed by atoms with E-state index in [1.165, 1.54) is 4.90 Å². The molecular weight excluding hydrogens is 396 g/mol. The van der Waals surface area contributed by atoms with Crippen molar-refractivity contribution >= 4 is 41.0 Å². The average Bonchev–Trinajstić information content (AvgIpc) is 3.37. The molecule has 1 aromatic carbocycles. The number of anilines is 1. The Labute approximate surface area is 173 Å². The second kappa shape index (κ2) is 7.78. The van der Waals surface area contributed by atoms with Crippen LogP contribution in [0.25, 0.3) is 0 Å². The van der Waals surface area contributed by atoms with Gasteiger partial charge in [-0.05, 0) is 55.7 Å². The zero-order chi connectivity index (χ0) is 20.7. The number of esters is 1. The van der Waals surface area contributed by atoms with E-state index in [0.717, 1.165) is 24.8 Å². The first kappa shape index (κ1) is 19.9. The number of hydrogen-bond donors (Lipinski definition) is 1. The molecule has 3 aliphatic rings. The summed E-state index contributed by atoms with van der Waals surface area (Å²) in [4.78, 5) is 50.4. The van der Waals surface area contributed by atoms with E-state index < -0.39 is 18.5 Å². The second-order valence-electron chi connectivity index (χ2n) is 8.08. The Morgan fingerprint density at radius 3 is 2.48 bits per heavy atom. The number of carbonyl (C=O) groups is 4. The maximum absolute atomic E-state index is 12.6. The molecular formula is C21H23ClN2O5. The minimum Gasteiger partial charge on any atom is -0.456 e. The number of rotatable bonds is 6. The summed E-state index contributed by atoms with van der Waals surface area (Å²) in [6.07, 6.45) is 2.89. The van der Waals surface area contributed by atoms with E-state index in [9.17, 15) is 19.2 Å². The Balaban J connectivity index is 1.24. The van der Waals surface area contributed by atoms with Gasteiger partial charge in [0.25, 0.3) is 5.91 Å². The van der Waals surface area contributed by atoms with Crippen molar-refractivity contribution in [1.82, 2.24) is 4.90 Å². The lowest BCUT2D eigenvalue weighted by atomic mass is 9.81. The number of imide groups is 1. The Hall–Kier alpha value is -2.41. The first-order chi connectivity index (χ1) is 13.9. The predicted molar refractivity (Wildman–Crippen MR) is 105 cm³/mol. The van der Waals surface area contributed by atoms with Crippen LogP contribution in [0, 0.1) is 30.6 Å². The lowest BCUT2D eigenvalue weighted by Crippen LogP contribution is -2.35. The van der Waals surface area contributed by atoms with Gasteiger partial charge in [-0.1, -0.05) is 17.7 Å². The quantitative estimate of drug-likeness (QED) is 0.566. The molecule has 1 aliphatic heterocycles. The summed E-state index contributed by atoms with van der Waals surface area (Å²) < 4.78 is 4.99. The molecule has 1 aromatic rings. The zero-order valence-electron chi connectivity index (χ0n) is 16.2. The molecule has 0 radical (unpaired) electrons. The third-order valence-corrected chi connectivity index (χ3v) is 6.87. The Bertz CT molecular complexity index is 858. The van der Waals surface area contributed by atoms with E-state index in [1.807, 2.05) is 0 Å². The van der Waals surface area contributed by atoms with E-state index in [2.05, 4.69) is 5.32 Å². The van der Waals surface area contributed by atoms with Crippen LogP contribution >= 0.6 is 11.6 Å². The third-order valence-electron chi connectivity index (χ3n) is 6.46. The summed E-state index contributed by atoms with van der Waals surface area (Å²) in [6, 6.07) is 5.13. The van der Waals surface area contributed by atoms with Crippen LogP contribution in [0.5, 0.6) is 0 Å². The van der Waals surface area contributed by atoms with Gasteiger partial charge in [-0.2, -0.15) is 0 Å². The summed E-state index contributed by atoms with van der Waals surface area (Å²) in [5.41, 5.74) is 1.27. The predicted octanol–water partition coefficient (Wildman–Crippen LogP) is 2.55. The fraction of sp³-hybridized carbons (Fsp3) is 0.524. The van der Waals surface area contributed by atoms with Crippen LogP contribution in [0.3, 0.4) is 0 Å². The van der Waals surface area contributed by atoms with Crippen LogP contribution in [0.4, 0.5) is 5.69 Å². The Morgan fingerprint density at radius 1 is 1.17 bits per heavy atom. The summed E-state index contributed by atoms with van der Waals surface area (Å²) in [6.45, 7) is 1.34. The number of fused-ring (bicyclic) bond motifs is 5. The monoisotopic (exact) mass is 418 g/mol. The van der Waals surface area contributed by atoms with Gasteiger partial charge in [0.1, 0.15) is 0 Å². The van der Waals surface area contributed by atoms with Gasteiger partial charge < -0.3 is 10.1 Å². The van der Waals surface area contributed by atoms with Gasteiger partial charge in [-0.25, -0.2) is 0 Å². The Kier molecular flexibility index (Phi) is 5.34. The van der Waals surface area contributed by atoms with Crippen molar-refractivity contribution < 1.29 is 23.9 Å². The standard InChI is InChI=1S/C21H23ClN2O5/c1-11-14(22)3-2-4-15(11)23-16(25)10-29-17(26)7-8-24-20(27)18-12-5-6-13(9-12)19(18)21(24)28/h2-4,12-13,18-19H,5-10H2,1H3,(H,23,25)/t12-,13-,18-,19+/m1/s1. The van der Waals surface area contributed by atoms with Gasteiger partial charge in [-0.3, -0.25) is 24.1 Å². The van der Waals surface area contributed by atoms with Crippen LogP contribution in [0.2, 0.25) is 5.02 Å². The maximum Gasteiger partial charge on any atom is 0.308 e. The molecule has 7 nitrogen and oxygen atoms in total. The molecule has 4 atom stereocenters. The molecule has 1 N–H and O–H groups in total. The van der Waals surface area contributed by atoms with Gasteiger partial charge in [0.15, 0.2) is 6.61 Å². The number of nitrogens with zero attached hydrogens (tertiary/aromatic N) is 1. The fourth-order valence-electron chi connectivity index (χ4n) is 5.04. The first-order valence-electron chi connectivity index (χ1n) is 9.92. The molecule has 1 heterocycles. The topological polar surface area (TPSA) is 92.8 Å². The van der Waals surface area contributed by atoms with Crippen molar-refractivity contribution in [3.8, 4) is 0 Å². The van der Waals surface area contributed by atoms with E-state index >= 15 is 0 Å². The summed E-state index contributed by atoms with van der Waals surface area (Å²) in [7, 11) is 0. The lowest BCUT2D eigenvalue weighted by molar-refractivity contribution is -0.149. The normalized spacial score (nSPS) is 27.3. The van der Waals surface area contributed by atoms with E-state index in [0.29, 0.717) is 22.5 Å². The zero-order valence-corrected chi connectivity index (χ0v) is 16.9. The minimum atomic E-state index is -0.622. The van der Waals surface area contributed by atoms with E-state index in [-0.39, 0.29) is 36.6 Å². The molecule has 0 aromatic heterocycles. The Morgan fingerprint density at radius 2 is 1.83 bits per heavy atom. The molecule has 4 rings (SSSR count). The largest absolute Gasteiger partial charge is 0.456 e. The fourth-order valence-corrected chi connectivity index (χ4v) is 5.22. The SMILES string of the molecule is Cc1c(Cl)cccc1NC(=O)COC(=O)CCN1C(=O)[C@@H]2[C@@H]3CC[C@H](C3)[C@@H]2C1=O. The highest BCUT2D eigenvalue weighted by molar-refractivity contribution is 6.31. The highest BCUT2D eigenvalue weighted by Gasteiger charge is 2.60. The lowest BCUT2D eigenvalue weighted by Gasteiger charge is -2.19. The van der Waals surface area contributed by atoms with Crippen LogP contribution in [-0.2, 0) is 23.9 Å². The molecule has 2 saturated carbocycles. The van der Waals surface area contributed by atoms with Crippen molar-refractivity contribution in [1.29, 1.82) is 0 Å². The summed E-state index contributed by atoms with van der Waals surface area (Å²) >= 11 is 6.01. The van der Waals surface area contributed by atoms with Crippen LogP contribution in [-0.4, -0.2) is 41.7 Å². The van der Waals surface area contributed by atoms with Gasteiger partial charge in [0.05, 0.1) is 18.3 Å². The van der Waals surface area contributed by atoms with Crippen molar-refractivity contribution in [3.63, 3.8) is 0 Å². The average molecular weight is 419 g/mol. The molecule has 1 saturated heterocycles. The second-order valence-corrected chi connectivity index (χ2v) is 8.49. The number of amides is 3. The first-order valence-corrected chi connectivity index (χ1v) is 10.3. The summed E-state index contributed by atoms with van der Waals surface area (Å²) in [5.74, 6) is -1.14. The van der Waals surface area contributed by atoms with Crippen molar-refractivity contribution in [2.45, 2.75) is 32.6 Å². The molecule has 0 unspecified atom stereocenters. The molecule has 3 amide bonds. The highest BCUT2D eigenvalue weighted by atomic mass is 35.5. The number of nitrogens with one attached hydrogen (secondary N) is 1. The summed E-state index contributed by atoms with van der Waals surface area (Å²) in [5, 5.41) is 3.17. The molecule has 2 bridgehead atoms. The van der Waals surface area contributed by atoms with E-state index in [4.69, 9.17) is 16.3 Å². The van der Waals surface area contributed by atoms with Gasteiger partial charge in [0.2, 0.25) is 11.8 Å². The molecule has 3 fully saturated rings. The number of likely N-dealkylation sites (tertiary alicyclic amines) is 1. The van der Waals surface area contributed by atoms with Crippen LogP contribution in [0.1, 0.15) is 31.2 Å². The van der Waals surface area contributed by atoms with Crippen molar-refractivity contribution in [2.75, 3.05) is 18.5 Å². The van der Waals surface area contributed by atoms with Crippen LogP contribution < -0.4 is 5.32 Å². The van der Waals surface area contributed by atoms with Crippen molar-refractivity contribution in [3.05, 3.63) is 28.8 Å². The number of benzene rings is 1. The molecule has 2 aliphatic carbocycles. The molecule has 154 valence electrons. The smallest absolute Gasteiger partial charge is 0.308 e. The number of carbonyl (C=O) groups excluding carboxylic acids is 4. The highest BCUT2D eigenvalue weighted by Crippen LogP contribution is 2.56. The van der Waals surface area contributed by atoms with Gasteiger partial charge in [-0.15, -0.1) is 0 Å². The van der Waals surface area contributed by atoms with Crippen LogP contribution in [0.15, 0.2) is 18.2 Å². The number of halogens is 1. The van der Waals surface area contributed by atoms with Crippen molar-refractivity contribution in [2.24, 2.45) is 23.7 Å². The molecule has 8 heteroatoms. The maximum atomic E-state index is 12.6. The third kappa shape index (κ3) is 3.64. The van der Waals surface area contributed by atoms with E-state index in [1.54, 1.807) is 25.1 Å². The minimum absolute atomic E-state index is 0.0119. The number of ether oxygens (including phenoxy) is 1. The van der Waals surface area contributed by atoms with Gasteiger partial charge in [0, 0.05) is 17.3 Å². The molecule has 29 heavy (non-hydrogen) atoms. The van der Waals surface area contributed by atoms with Gasteiger partial charge >= 0.3 is 5.97 Å². The number of hydrogen-bond acceptors (Lipinski definition) is 5. The molecule has 0 spiro atoms.